The molecule has 0 aliphatic carbocycles. The Balaban J connectivity index is 1.70. The highest BCUT2D eigenvalue weighted by Crippen LogP contribution is 2.21. The largest absolute Gasteiger partial charge is 0.376 e. The van der Waals surface area contributed by atoms with E-state index in [4.69, 9.17) is 4.74 Å². The Labute approximate surface area is 112 Å². The molecular weight excluding hydrogens is 271 g/mol. The van der Waals surface area contributed by atoms with Gasteiger partial charge in [-0.2, -0.15) is 0 Å². The zero-order valence-corrected chi connectivity index (χ0v) is 10.6. The van der Waals surface area contributed by atoms with E-state index in [9.17, 15) is 9.18 Å². The van der Waals surface area contributed by atoms with Gasteiger partial charge in [0.1, 0.15) is 16.9 Å². The maximum absolute atomic E-state index is 13.3. The highest BCUT2D eigenvalue weighted by molar-refractivity contribution is 7.13. The minimum atomic E-state index is -1.16. The molecule has 2 aromatic rings. The molecule has 0 spiro atoms. The summed E-state index contributed by atoms with van der Waals surface area (Å²) >= 11 is 1.33. The van der Waals surface area contributed by atoms with Gasteiger partial charge in [0.15, 0.2) is 0 Å². The van der Waals surface area contributed by atoms with Gasteiger partial charge in [-0.25, -0.2) is 14.4 Å². The fourth-order valence-electron chi connectivity index (χ4n) is 1.78. The average molecular weight is 282 g/mol. The molecule has 8 heteroatoms. The number of halogens is 1. The third kappa shape index (κ3) is 2.49. The van der Waals surface area contributed by atoms with Crippen LogP contribution in [0.15, 0.2) is 17.9 Å². The third-order valence-electron chi connectivity index (χ3n) is 2.79. The third-order valence-corrected chi connectivity index (χ3v) is 3.67. The normalized spacial score (nSPS) is 22.6. The molecule has 100 valence electrons. The Morgan fingerprint density at radius 2 is 2.47 bits per heavy atom. The van der Waals surface area contributed by atoms with Gasteiger partial charge >= 0.3 is 0 Å². The number of hydrogen-bond donors (Lipinski definition) is 2. The number of aromatic nitrogens is 3. The minimum absolute atomic E-state index is 0.0292. The van der Waals surface area contributed by atoms with Crippen molar-refractivity contribution >= 4 is 17.2 Å². The molecule has 6 nitrogen and oxygen atoms in total. The predicted octanol–water partition coefficient (Wildman–Crippen LogP) is 1.000. The molecule has 1 aliphatic heterocycles. The van der Waals surface area contributed by atoms with Gasteiger partial charge < -0.3 is 15.0 Å². The monoisotopic (exact) mass is 282 g/mol. The first-order valence-corrected chi connectivity index (χ1v) is 6.59. The van der Waals surface area contributed by atoms with Crippen LogP contribution in [0.3, 0.4) is 0 Å². The van der Waals surface area contributed by atoms with Crippen molar-refractivity contribution in [2.24, 2.45) is 0 Å². The molecule has 1 fully saturated rings. The van der Waals surface area contributed by atoms with E-state index in [0.29, 0.717) is 5.01 Å². The zero-order valence-electron chi connectivity index (χ0n) is 9.80. The van der Waals surface area contributed by atoms with Crippen molar-refractivity contribution in [1.29, 1.82) is 0 Å². The van der Waals surface area contributed by atoms with Crippen LogP contribution in [0.2, 0.25) is 0 Å². The second-order valence-corrected chi connectivity index (χ2v) is 4.99. The van der Waals surface area contributed by atoms with E-state index < -0.39 is 12.2 Å². The lowest BCUT2D eigenvalue weighted by atomic mass is 10.2. The first kappa shape index (κ1) is 12.2. The van der Waals surface area contributed by atoms with Crippen molar-refractivity contribution in [3.05, 3.63) is 23.6 Å². The van der Waals surface area contributed by atoms with E-state index in [2.05, 4.69) is 20.3 Å². The SMILES string of the molecule is O=C(N[C@H]1COC[C@H]1F)c1csc(-c2cnc[nH]2)n1. The first-order valence-electron chi connectivity index (χ1n) is 5.71. The van der Waals surface area contributed by atoms with Crippen molar-refractivity contribution < 1.29 is 13.9 Å². The van der Waals surface area contributed by atoms with Crippen molar-refractivity contribution in [3.8, 4) is 10.7 Å². The van der Waals surface area contributed by atoms with E-state index in [0.717, 1.165) is 5.69 Å². The number of thiazole rings is 1. The molecule has 0 radical (unpaired) electrons. The first-order chi connectivity index (χ1) is 9.24. The molecule has 3 rings (SSSR count). The molecule has 0 unspecified atom stereocenters. The second kappa shape index (κ2) is 5.06. The molecule has 3 heterocycles. The summed E-state index contributed by atoms with van der Waals surface area (Å²) in [5.41, 5.74) is 1.02. The van der Waals surface area contributed by atoms with Crippen LogP contribution in [-0.2, 0) is 4.74 Å². The quantitative estimate of drug-likeness (QED) is 0.880. The summed E-state index contributed by atoms with van der Waals surface area (Å²) in [5.74, 6) is -0.389. The number of rotatable bonds is 3. The number of ether oxygens (including phenoxy) is 1. The Hall–Kier alpha value is -1.80. The number of nitrogens with zero attached hydrogens (tertiary/aromatic N) is 2. The summed E-state index contributed by atoms with van der Waals surface area (Å²) < 4.78 is 18.3. The summed E-state index contributed by atoms with van der Waals surface area (Å²) in [5, 5.41) is 4.89. The number of aromatic amines is 1. The molecule has 19 heavy (non-hydrogen) atoms. The fraction of sp³-hybridized carbons (Fsp3) is 0.364. The molecule has 0 bridgehead atoms. The highest BCUT2D eigenvalue weighted by atomic mass is 32.1. The van der Waals surface area contributed by atoms with Crippen LogP contribution in [0.5, 0.6) is 0 Å². The number of imidazole rings is 1. The predicted molar refractivity (Wildman–Crippen MR) is 66.7 cm³/mol. The number of carbonyl (C=O) groups is 1. The lowest BCUT2D eigenvalue weighted by Crippen LogP contribution is -2.40. The number of amides is 1. The number of H-pyrrole nitrogens is 1. The molecule has 1 aliphatic rings. The van der Waals surface area contributed by atoms with Gasteiger partial charge in [0.05, 0.1) is 37.5 Å². The van der Waals surface area contributed by atoms with Gasteiger partial charge in [0, 0.05) is 5.38 Å². The Morgan fingerprint density at radius 1 is 1.58 bits per heavy atom. The summed E-state index contributed by atoms with van der Waals surface area (Å²) in [6, 6.07) is -0.593. The van der Waals surface area contributed by atoms with Crippen molar-refractivity contribution in [1.82, 2.24) is 20.3 Å². The number of carbonyl (C=O) groups excluding carboxylic acids is 1. The van der Waals surface area contributed by atoms with Crippen molar-refractivity contribution in [2.75, 3.05) is 13.2 Å². The number of nitrogens with one attached hydrogen (secondary N) is 2. The molecule has 2 atom stereocenters. The Kier molecular flexibility index (Phi) is 3.26. The van der Waals surface area contributed by atoms with Crippen LogP contribution in [0.25, 0.3) is 10.7 Å². The molecule has 2 N–H and O–H groups in total. The van der Waals surface area contributed by atoms with E-state index in [1.807, 2.05) is 0 Å². The van der Waals surface area contributed by atoms with E-state index in [1.165, 1.54) is 11.3 Å². The van der Waals surface area contributed by atoms with Crippen LogP contribution >= 0.6 is 11.3 Å². The average Bonchev–Trinajstić information content (AvgIpc) is 3.09. The summed E-state index contributed by atoms with van der Waals surface area (Å²) in [6.07, 6.45) is 2.01. The lowest BCUT2D eigenvalue weighted by Gasteiger charge is -2.11. The van der Waals surface area contributed by atoms with Gasteiger partial charge in [-0.05, 0) is 0 Å². The smallest absolute Gasteiger partial charge is 0.271 e. The standard InChI is InChI=1S/C11H11FN4O2S/c12-6-2-18-3-8(6)15-10(17)9-4-19-11(16-9)7-1-13-5-14-7/h1,4-6,8H,2-3H2,(H,13,14)(H,15,17)/t6-,8+/m1/s1. The van der Waals surface area contributed by atoms with Gasteiger partial charge in [0.25, 0.3) is 5.91 Å². The Bertz CT molecular complexity index is 571. The van der Waals surface area contributed by atoms with Gasteiger partial charge in [0.2, 0.25) is 0 Å². The van der Waals surface area contributed by atoms with Crippen molar-refractivity contribution in [2.45, 2.75) is 12.2 Å². The van der Waals surface area contributed by atoms with Crippen LogP contribution in [0.4, 0.5) is 4.39 Å². The molecule has 1 amide bonds. The highest BCUT2D eigenvalue weighted by Gasteiger charge is 2.30. The molecule has 2 aromatic heterocycles. The van der Waals surface area contributed by atoms with E-state index >= 15 is 0 Å². The van der Waals surface area contributed by atoms with Crippen LogP contribution < -0.4 is 5.32 Å². The van der Waals surface area contributed by atoms with Gasteiger partial charge in [-0.1, -0.05) is 0 Å². The summed E-state index contributed by atoms with van der Waals surface area (Å²) in [6.45, 7) is 0.228. The molecule has 0 saturated carbocycles. The molecule has 1 saturated heterocycles. The minimum Gasteiger partial charge on any atom is -0.376 e. The van der Waals surface area contributed by atoms with Gasteiger partial charge in [-0.15, -0.1) is 11.3 Å². The topological polar surface area (TPSA) is 79.9 Å². The molecule has 0 aromatic carbocycles. The van der Waals surface area contributed by atoms with Crippen LogP contribution in [0.1, 0.15) is 10.5 Å². The zero-order chi connectivity index (χ0) is 13.2. The van der Waals surface area contributed by atoms with E-state index in [-0.39, 0.29) is 24.8 Å². The Morgan fingerprint density at radius 3 is 3.16 bits per heavy atom. The number of alkyl halides is 1. The fourth-order valence-corrected chi connectivity index (χ4v) is 2.55. The summed E-state index contributed by atoms with van der Waals surface area (Å²) in [7, 11) is 0. The maximum atomic E-state index is 13.3. The maximum Gasteiger partial charge on any atom is 0.271 e. The van der Waals surface area contributed by atoms with Crippen molar-refractivity contribution in [3.63, 3.8) is 0 Å². The lowest BCUT2D eigenvalue weighted by molar-refractivity contribution is 0.0916. The van der Waals surface area contributed by atoms with Crippen LogP contribution in [-0.4, -0.2) is 46.3 Å². The molecular formula is C11H11FN4O2S. The van der Waals surface area contributed by atoms with Gasteiger partial charge in [-0.3, -0.25) is 4.79 Å². The second-order valence-electron chi connectivity index (χ2n) is 4.14. The number of hydrogen-bond acceptors (Lipinski definition) is 5. The van der Waals surface area contributed by atoms with E-state index in [1.54, 1.807) is 17.9 Å². The summed E-state index contributed by atoms with van der Waals surface area (Å²) in [4.78, 5) is 22.9. The van der Waals surface area contributed by atoms with Crippen LogP contribution in [0, 0.1) is 0 Å².